The molecule has 0 aliphatic heterocycles. The summed E-state index contributed by atoms with van der Waals surface area (Å²) in [5, 5.41) is 2.86. The number of carbonyl (C=O) groups excluding carboxylic acids is 2. The molecule has 2 aromatic carbocycles. The molecular formula is C24H33N3O4S. The second-order valence-corrected chi connectivity index (χ2v) is 9.74. The van der Waals surface area contributed by atoms with E-state index >= 15 is 0 Å². The van der Waals surface area contributed by atoms with Crippen LogP contribution in [-0.4, -0.2) is 50.5 Å². The normalized spacial score (nSPS) is 12.1. The Morgan fingerprint density at radius 1 is 1.03 bits per heavy atom. The Hall–Kier alpha value is -2.87. The fourth-order valence-corrected chi connectivity index (χ4v) is 4.30. The van der Waals surface area contributed by atoms with Crippen LogP contribution in [0.15, 0.2) is 54.6 Å². The molecule has 0 radical (unpaired) electrons. The lowest BCUT2D eigenvalue weighted by Gasteiger charge is -2.33. The van der Waals surface area contributed by atoms with Crippen LogP contribution in [0.3, 0.4) is 0 Å². The second-order valence-electron chi connectivity index (χ2n) is 7.83. The number of anilines is 1. The van der Waals surface area contributed by atoms with Crippen LogP contribution in [0, 0.1) is 6.92 Å². The van der Waals surface area contributed by atoms with Crippen LogP contribution in [0.5, 0.6) is 0 Å². The summed E-state index contributed by atoms with van der Waals surface area (Å²) in [7, 11) is -3.72. The maximum absolute atomic E-state index is 13.5. The summed E-state index contributed by atoms with van der Waals surface area (Å²) in [6.45, 7) is 6.01. The molecule has 8 heteroatoms. The Balaban J connectivity index is 2.39. The lowest BCUT2D eigenvalue weighted by molar-refractivity contribution is -0.140. The molecule has 2 rings (SSSR count). The van der Waals surface area contributed by atoms with E-state index in [9.17, 15) is 18.0 Å². The van der Waals surface area contributed by atoms with Gasteiger partial charge in [0.15, 0.2) is 0 Å². The Morgan fingerprint density at radius 3 is 2.28 bits per heavy atom. The molecule has 32 heavy (non-hydrogen) atoms. The Kier molecular flexibility index (Phi) is 9.26. The highest BCUT2D eigenvalue weighted by Crippen LogP contribution is 2.20. The van der Waals surface area contributed by atoms with Crippen LogP contribution >= 0.6 is 0 Å². The molecule has 174 valence electrons. The van der Waals surface area contributed by atoms with Crippen molar-refractivity contribution in [3.05, 3.63) is 65.7 Å². The lowest BCUT2D eigenvalue weighted by Crippen LogP contribution is -2.52. The van der Waals surface area contributed by atoms with Gasteiger partial charge in [0.1, 0.15) is 12.6 Å². The van der Waals surface area contributed by atoms with Gasteiger partial charge >= 0.3 is 0 Å². The van der Waals surface area contributed by atoms with Crippen LogP contribution in [0.25, 0.3) is 0 Å². The van der Waals surface area contributed by atoms with E-state index in [1.165, 1.54) is 4.90 Å². The third kappa shape index (κ3) is 7.09. The van der Waals surface area contributed by atoms with E-state index in [0.717, 1.165) is 28.1 Å². The van der Waals surface area contributed by atoms with Crippen LogP contribution in [0.2, 0.25) is 0 Å². The van der Waals surface area contributed by atoms with Gasteiger partial charge in [0.25, 0.3) is 0 Å². The van der Waals surface area contributed by atoms with Crippen molar-refractivity contribution >= 4 is 27.5 Å². The van der Waals surface area contributed by atoms with Gasteiger partial charge in [-0.1, -0.05) is 56.3 Å². The molecule has 0 heterocycles. The van der Waals surface area contributed by atoms with Gasteiger partial charge in [-0.15, -0.1) is 0 Å². The first-order chi connectivity index (χ1) is 15.2. The minimum Gasteiger partial charge on any atom is -0.354 e. The number of hydrogen-bond donors (Lipinski definition) is 1. The molecule has 0 bridgehead atoms. The molecule has 0 aliphatic carbocycles. The average molecular weight is 460 g/mol. The number of benzene rings is 2. The standard InChI is InChI=1S/C24H33N3O4S/c1-5-15-25-24(29)22(6-2)26(17-20-12-8-7-9-13-20)23(28)18-27(32(4,30)31)21-14-10-11-19(3)16-21/h7-14,16,22H,5-6,15,17-18H2,1-4H3,(H,25,29)/t22-/m0/s1. The topological polar surface area (TPSA) is 86.8 Å². The summed E-state index contributed by atoms with van der Waals surface area (Å²) in [4.78, 5) is 27.8. The number of amides is 2. The fourth-order valence-electron chi connectivity index (χ4n) is 3.46. The van der Waals surface area contributed by atoms with Gasteiger partial charge in [0, 0.05) is 13.1 Å². The number of aryl methyl sites for hydroxylation is 1. The Labute approximate surface area is 191 Å². The summed E-state index contributed by atoms with van der Waals surface area (Å²) in [6, 6.07) is 15.7. The van der Waals surface area contributed by atoms with Gasteiger partial charge in [-0.05, 0) is 43.0 Å². The number of hydrogen-bond acceptors (Lipinski definition) is 4. The van der Waals surface area contributed by atoms with Gasteiger partial charge in [-0.25, -0.2) is 8.42 Å². The third-order valence-electron chi connectivity index (χ3n) is 5.10. The zero-order valence-electron chi connectivity index (χ0n) is 19.2. The average Bonchev–Trinajstić information content (AvgIpc) is 2.75. The van der Waals surface area contributed by atoms with E-state index in [0.29, 0.717) is 18.7 Å². The van der Waals surface area contributed by atoms with Crippen molar-refractivity contribution < 1.29 is 18.0 Å². The molecule has 2 amide bonds. The van der Waals surface area contributed by atoms with Crippen LogP contribution in [0.1, 0.15) is 37.8 Å². The number of nitrogens with one attached hydrogen (secondary N) is 1. The minimum absolute atomic E-state index is 0.211. The molecular weight excluding hydrogens is 426 g/mol. The SMILES string of the molecule is CCCNC(=O)[C@H](CC)N(Cc1ccccc1)C(=O)CN(c1cccc(C)c1)S(C)(=O)=O. The minimum atomic E-state index is -3.72. The molecule has 0 fully saturated rings. The van der Waals surface area contributed by atoms with Gasteiger partial charge in [-0.3, -0.25) is 13.9 Å². The highest BCUT2D eigenvalue weighted by Gasteiger charge is 2.31. The third-order valence-corrected chi connectivity index (χ3v) is 6.24. The Morgan fingerprint density at radius 2 is 1.72 bits per heavy atom. The summed E-state index contributed by atoms with van der Waals surface area (Å²) < 4.78 is 26.2. The predicted octanol–water partition coefficient (Wildman–Crippen LogP) is 3.09. The second kappa shape index (κ2) is 11.7. The van der Waals surface area contributed by atoms with Crippen molar-refractivity contribution in [3.63, 3.8) is 0 Å². The molecule has 1 atom stereocenters. The van der Waals surface area contributed by atoms with Crippen molar-refractivity contribution in [1.82, 2.24) is 10.2 Å². The molecule has 0 saturated carbocycles. The molecule has 0 spiro atoms. The van der Waals surface area contributed by atoms with E-state index in [-0.39, 0.29) is 19.0 Å². The maximum atomic E-state index is 13.5. The molecule has 2 aromatic rings. The molecule has 7 nitrogen and oxygen atoms in total. The summed E-state index contributed by atoms with van der Waals surface area (Å²) in [5.41, 5.74) is 2.17. The van der Waals surface area contributed by atoms with E-state index in [1.54, 1.807) is 18.2 Å². The van der Waals surface area contributed by atoms with Gasteiger partial charge in [0.05, 0.1) is 11.9 Å². The first-order valence-electron chi connectivity index (χ1n) is 10.8. The van der Waals surface area contributed by atoms with Crippen molar-refractivity contribution in [2.24, 2.45) is 0 Å². The first-order valence-corrected chi connectivity index (χ1v) is 12.7. The van der Waals surface area contributed by atoms with Crippen molar-refractivity contribution in [2.75, 3.05) is 23.7 Å². The monoisotopic (exact) mass is 459 g/mol. The highest BCUT2D eigenvalue weighted by molar-refractivity contribution is 7.92. The zero-order chi connectivity index (χ0) is 23.7. The van der Waals surface area contributed by atoms with Crippen molar-refractivity contribution in [1.29, 1.82) is 0 Å². The van der Waals surface area contributed by atoms with Crippen LogP contribution in [0.4, 0.5) is 5.69 Å². The maximum Gasteiger partial charge on any atom is 0.244 e. The number of carbonyl (C=O) groups is 2. The van der Waals surface area contributed by atoms with Gasteiger partial charge in [-0.2, -0.15) is 0 Å². The highest BCUT2D eigenvalue weighted by atomic mass is 32.2. The summed E-state index contributed by atoms with van der Waals surface area (Å²) >= 11 is 0. The van der Waals surface area contributed by atoms with E-state index in [2.05, 4.69) is 5.32 Å². The molecule has 0 saturated heterocycles. The first kappa shape index (κ1) is 25.4. The lowest BCUT2D eigenvalue weighted by atomic mass is 10.1. The molecule has 0 aliphatic rings. The largest absolute Gasteiger partial charge is 0.354 e. The van der Waals surface area contributed by atoms with Gasteiger partial charge < -0.3 is 10.2 Å². The number of rotatable bonds is 11. The zero-order valence-corrected chi connectivity index (χ0v) is 20.1. The van der Waals surface area contributed by atoms with Crippen molar-refractivity contribution in [2.45, 2.75) is 46.2 Å². The molecule has 1 N–H and O–H groups in total. The quantitative estimate of drug-likeness (QED) is 0.559. The summed E-state index contributed by atoms with van der Waals surface area (Å²) in [6.07, 6.45) is 2.27. The van der Waals surface area contributed by atoms with E-state index in [1.807, 2.05) is 57.2 Å². The molecule has 0 unspecified atom stereocenters. The van der Waals surface area contributed by atoms with Crippen LogP contribution in [-0.2, 0) is 26.2 Å². The Bertz CT molecular complexity index is 1010. The van der Waals surface area contributed by atoms with E-state index in [4.69, 9.17) is 0 Å². The number of nitrogens with zero attached hydrogens (tertiary/aromatic N) is 2. The molecule has 0 aromatic heterocycles. The smallest absolute Gasteiger partial charge is 0.244 e. The summed E-state index contributed by atoms with van der Waals surface area (Å²) in [5.74, 6) is -0.667. The predicted molar refractivity (Wildman–Crippen MR) is 128 cm³/mol. The number of sulfonamides is 1. The van der Waals surface area contributed by atoms with Crippen molar-refractivity contribution in [3.8, 4) is 0 Å². The van der Waals surface area contributed by atoms with E-state index < -0.39 is 22.0 Å². The fraction of sp³-hybridized carbons (Fsp3) is 0.417. The van der Waals surface area contributed by atoms with Crippen LogP contribution < -0.4 is 9.62 Å². The van der Waals surface area contributed by atoms with Gasteiger partial charge in [0.2, 0.25) is 21.8 Å².